The van der Waals surface area contributed by atoms with E-state index in [2.05, 4.69) is 5.43 Å². The summed E-state index contributed by atoms with van der Waals surface area (Å²) in [5.41, 5.74) is 2.11. The Morgan fingerprint density at radius 2 is 1.61 bits per heavy atom. The van der Waals surface area contributed by atoms with Gasteiger partial charge < -0.3 is 9.47 Å². The molecule has 0 spiro atoms. The Kier molecular flexibility index (Phi) is 6.84. The minimum Gasteiger partial charge on any atom is -0.446 e. The van der Waals surface area contributed by atoms with Crippen molar-refractivity contribution in [1.29, 1.82) is 0 Å². The minimum atomic E-state index is -1.04. The predicted molar refractivity (Wildman–Crippen MR) is 84.0 cm³/mol. The lowest BCUT2D eigenvalue weighted by molar-refractivity contribution is 0.0383. The molecule has 1 aromatic carbocycles. The van der Waals surface area contributed by atoms with Crippen molar-refractivity contribution in [3.05, 3.63) is 34.9 Å². The highest BCUT2D eigenvalue weighted by Gasteiger charge is 2.29. The van der Waals surface area contributed by atoms with Crippen molar-refractivity contribution in [1.82, 2.24) is 10.4 Å². The van der Waals surface area contributed by atoms with Crippen LogP contribution in [-0.2, 0) is 9.47 Å². The van der Waals surface area contributed by atoms with Gasteiger partial charge in [-0.3, -0.25) is 4.79 Å². The molecule has 0 radical (unpaired) electrons. The second-order valence-electron chi connectivity index (χ2n) is 5.12. The van der Waals surface area contributed by atoms with E-state index in [9.17, 15) is 14.4 Å². The molecule has 1 rings (SSSR count). The topological polar surface area (TPSA) is 84.9 Å². The van der Waals surface area contributed by atoms with Crippen molar-refractivity contribution in [2.24, 2.45) is 0 Å². The summed E-state index contributed by atoms with van der Waals surface area (Å²) in [4.78, 5) is 36.3. The molecule has 126 valence electrons. The molecule has 0 unspecified atom stereocenters. The minimum absolute atomic E-state index is 0.0414. The number of imide groups is 1. The van der Waals surface area contributed by atoms with Crippen LogP contribution in [0.15, 0.2) is 24.3 Å². The molecule has 0 aliphatic rings. The van der Waals surface area contributed by atoms with E-state index in [1.807, 2.05) is 0 Å². The van der Waals surface area contributed by atoms with Crippen molar-refractivity contribution >= 4 is 29.7 Å². The summed E-state index contributed by atoms with van der Waals surface area (Å²) in [7, 11) is 0. The molecule has 0 fully saturated rings. The molecule has 0 bridgehead atoms. The molecule has 1 aromatic rings. The second-order valence-corrected chi connectivity index (χ2v) is 5.53. The van der Waals surface area contributed by atoms with Crippen LogP contribution >= 0.6 is 11.6 Å². The molecule has 0 aromatic heterocycles. The number of ether oxygens (including phenoxy) is 2. The van der Waals surface area contributed by atoms with Crippen molar-refractivity contribution < 1.29 is 23.9 Å². The van der Waals surface area contributed by atoms with Gasteiger partial charge in [-0.1, -0.05) is 23.7 Å². The summed E-state index contributed by atoms with van der Waals surface area (Å²) in [5, 5.41) is 0.574. The fourth-order valence-electron chi connectivity index (χ4n) is 1.52. The van der Waals surface area contributed by atoms with Gasteiger partial charge in [-0.25, -0.2) is 15.0 Å². The first kappa shape index (κ1) is 18.8. The van der Waals surface area contributed by atoms with Crippen molar-refractivity contribution in [3.63, 3.8) is 0 Å². The van der Waals surface area contributed by atoms with Gasteiger partial charge in [-0.15, -0.1) is 5.01 Å². The van der Waals surface area contributed by atoms with Crippen molar-refractivity contribution in [2.45, 2.75) is 39.9 Å². The van der Waals surface area contributed by atoms with Crippen LogP contribution in [0, 0.1) is 0 Å². The van der Waals surface area contributed by atoms with E-state index in [4.69, 9.17) is 21.1 Å². The molecule has 0 saturated carbocycles. The van der Waals surface area contributed by atoms with Gasteiger partial charge in [0, 0.05) is 0 Å². The van der Waals surface area contributed by atoms with Crippen LogP contribution in [0.5, 0.6) is 0 Å². The number of amides is 3. The zero-order chi connectivity index (χ0) is 17.6. The zero-order valence-corrected chi connectivity index (χ0v) is 14.1. The molecule has 23 heavy (non-hydrogen) atoms. The Hall–Kier alpha value is -2.28. The van der Waals surface area contributed by atoms with Gasteiger partial charge >= 0.3 is 12.2 Å². The Bertz CT molecular complexity index is 589. The Labute approximate surface area is 139 Å². The molecule has 0 atom stereocenters. The lowest BCUT2D eigenvalue weighted by Gasteiger charge is -2.22. The van der Waals surface area contributed by atoms with Crippen LogP contribution in [0.1, 0.15) is 38.1 Å². The Balaban J connectivity index is 3.03. The number of hydrogen-bond acceptors (Lipinski definition) is 5. The van der Waals surface area contributed by atoms with E-state index < -0.39 is 30.3 Å². The van der Waals surface area contributed by atoms with E-state index in [0.717, 1.165) is 0 Å². The number of carbonyl (C=O) groups excluding carboxylic acids is 3. The quantitative estimate of drug-likeness (QED) is 0.851. The third-order valence-corrected chi connectivity index (χ3v) is 2.70. The third kappa shape index (κ3) is 5.78. The van der Waals surface area contributed by atoms with Crippen LogP contribution < -0.4 is 5.43 Å². The molecule has 7 nitrogen and oxygen atoms in total. The van der Waals surface area contributed by atoms with Crippen LogP contribution in [0.3, 0.4) is 0 Å². The number of hydrazine groups is 1. The van der Waals surface area contributed by atoms with Gasteiger partial charge in [0.25, 0.3) is 5.91 Å². The van der Waals surface area contributed by atoms with Gasteiger partial charge in [0.15, 0.2) is 0 Å². The summed E-state index contributed by atoms with van der Waals surface area (Å²) in [6, 6.07) is 6.14. The average Bonchev–Trinajstić information content (AvgIpc) is 2.43. The average molecular weight is 343 g/mol. The molecule has 8 heteroatoms. The zero-order valence-electron chi connectivity index (χ0n) is 13.3. The SMILES string of the molecule is CC(C)OC(=O)NN(C(=O)OC(C)C)C(=O)c1ccccc1Cl. The number of hydrogen-bond donors (Lipinski definition) is 1. The summed E-state index contributed by atoms with van der Waals surface area (Å²) in [5.74, 6) is -0.832. The van der Waals surface area contributed by atoms with Gasteiger partial charge in [0.2, 0.25) is 0 Å². The highest BCUT2D eigenvalue weighted by molar-refractivity contribution is 6.34. The molecule has 0 aliphatic heterocycles. The number of carbonyl (C=O) groups is 3. The monoisotopic (exact) mass is 342 g/mol. The van der Waals surface area contributed by atoms with E-state index in [1.54, 1.807) is 39.8 Å². The number of rotatable bonds is 3. The largest absolute Gasteiger partial charge is 0.446 e. The lowest BCUT2D eigenvalue weighted by Crippen LogP contribution is -2.51. The molecule has 0 heterocycles. The number of halogens is 1. The van der Waals surface area contributed by atoms with Crippen LogP contribution in [-0.4, -0.2) is 35.3 Å². The Morgan fingerprint density at radius 1 is 1.04 bits per heavy atom. The number of nitrogens with zero attached hydrogens (tertiary/aromatic N) is 1. The van der Waals surface area contributed by atoms with Crippen LogP contribution in [0.25, 0.3) is 0 Å². The number of nitrogens with one attached hydrogen (secondary N) is 1. The van der Waals surface area contributed by atoms with Gasteiger partial charge in [0.1, 0.15) is 0 Å². The Morgan fingerprint density at radius 3 is 2.13 bits per heavy atom. The number of benzene rings is 1. The first-order valence-corrected chi connectivity index (χ1v) is 7.37. The summed E-state index contributed by atoms with van der Waals surface area (Å²) >= 11 is 5.95. The van der Waals surface area contributed by atoms with Gasteiger partial charge in [-0.2, -0.15) is 0 Å². The first-order valence-electron chi connectivity index (χ1n) is 6.99. The maximum Gasteiger partial charge on any atom is 0.436 e. The fraction of sp³-hybridized carbons (Fsp3) is 0.400. The van der Waals surface area contributed by atoms with Crippen LogP contribution in [0.4, 0.5) is 9.59 Å². The van der Waals surface area contributed by atoms with E-state index >= 15 is 0 Å². The molecule has 3 amide bonds. The highest BCUT2D eigenvalue weighted by atomic mass is 35.5. The summed E-state index contributed by atoms with van der Waals surface area (Å²) < 4.78 is 9.82. The normalized spacial score (nSPS) is 10.4. The van der Waals surface area contributed by atoms with Crippen molar-refractivity contribution in [3.8, 4) is 0 Å². The van der Waals surface area contributed by atoms with E-state index in [-0.39, 0.29) is 10.6 Å². The molecule has 0 aliphatic carbocycles. The fourth-order valence-corrected chi connectivity index (χ4v) is 1.74. The second kappa shape index (κ2) is 8.38. The molecule has 0 saturated heterocycles. The summed E-state index contributed by atoms with van der Waals surface area (Å²) in [6.07, 6.45) is -2.90. The van der Waals surface area contributed by atoms with E-state index in [0.29, 0.717) is 5.01 Å². The van der Waals surface area contributed by atoms with Gasteiger partial charge in [-0.05, 0) is 39.8 Å². The standard InChI is InChI=1S/C15H19ClN2O5/c1-9(2)22-14(20)17-18(15(21)23-10(3)4)13(19)11-7-5-6-8-12(11)16/h5-10H,1-4H3,(H,17,20). The lowest BCUT2D eigenvalue weighted by atomic mass is 10.2. The van der Waals surface area contributed by atoms with Gasteiger partial charge in [0.05, 0.1) is 22.8 Å². The third-order valence-electron chi connectivity index (χ3n) is 2.37. The summed E-state index contributed by atoms with van der Waals surface area (Å²) in [6.45, 7) is 6.49. The molecule has 1 N–H and O–H groups in total. The van der Waals surface area contributed by atoms with Crippen LogP contribution in [0.2, 0.25) is 5.02 Å². The predicted octanol–water partition coefficient (Wildman–Crippen LogP) is 3.38. The maximum absolute atomic E-state index is 12.5. The van der Waals surface area contributed by atoms with E-state index in [1.165, 1.54) is 12.1 Å². The van der Waals surface area contributed by atoms with Crippen molar-refractivity contribution in [2.75, 3.05) is 0 Å². The molecular weight excluding hydrogens is 324 g/mol. The smallest absolute Gasteiger partial charge is 0.436 e. The molecular formula is C15H19ClN2O5. The first-order chi connectivity index (χ1) is 10.7. The maximum atomic E-state index is 12.5. The highest BCUT2D eigenvalue weighted by Crippen LogP contribution is 2.17.